The summed E-state index contributed by atoms with van der Waals surface area (Å²) in [6, 6.07) is 7.46. The minimum absolute atomic E-state index is 0.0433. The van der Waals surface area contributed by atoms with Gasteiger partial charge in [0.2, 0.25) is 0 Å². The Kier molecular flexibility index (Phi) is 4.23. The van der Waals surface area contributed by atoms with Gasteiger partial charge in [0.15, 0.2) is 0 Å². The van der Waals surface area contributed by atoms with Gasteiger partial charge in [-0.3, -0.25) is 0 Å². The minimum Gasteiger partial charge on any atom is -0.370 e. The fourth-order valence-corrected chi connectivity index (χ4v) is 1.64. The molecule has 1 aromatic heterocycles. The average Bonchev–Trinajstić information content (AvgIpc) is 2.40. The van der Waals surface area contributed by atoms with E-state index in [0.717, 1.165) is 17.9 Å². The summed E-state index contributed by atoms with van der Waals surface area (Å²) < 4.78 is 26.8. The summed E-state index contributed by atoms with van der Waals surface area (Å²) in [5.74, 6) is -0.376. The van der Waals surface area contributed by atoms with Crippen LogP contribution in [0.3, 0.4) is 0 Å². The van der Waals surface area contributed by atoms with Crippen molar-refractivity contribution in [3.63, 3.8) is 0 Å². The summed E-state index contributed by atoms with van der Waals surface area (Å²) in [5.41, 5.74) is 0.738. The van der Waals surface area contributed by atoms with Gasteiger partial charge in [0.1, 0.15) is 17.5 Å². The van der Waals surface area contributed by atoms with Crippen LogP contribution < -0.4 is 5.32 Å². The van der Waals surface area contributed by atoms with Crippen LogP contribution in [0.25, 0.3) is 12.2 Å². The first-order chi connectivity index (χ1) is 9.20. The maximum atomic E-state index is 13.4. The molecule has 2 rings (SSSR count). The predicted molar refractivity (Wildman–Crippen MR) is 73.7 cm³/mol. The highest BCUT2D eigenvalue weighted by molar-refractivity contribution is 5.70. The minimum atomic E-state index is -0.575. The Balaban J connectivity index is 2.18. The zero-order valence-corrected chi connectivity index (χ0v) is 10.5. The molecular formula is C15H14F2N2. The molecule has 1 heterocycles. The Hall–Kier alpha value is -2.23. The lowest BCUT2D eigenvalue weighted by Gasteiger charge is -2.02. The van der Waals surface area contributed by atoms with Crippen molar-refractivity contribution < 1.29 is 8.78 Å². The van der Waals surface area contributed by atoms with Crippen LogP contribution >= 0.6 is 0 Å². The molecule has 0 fully saturated rings. The molecule has 2 nitrogen and oxygen atoms in total. The normalized spacial score (nSPS) is 10.9. The third-order valence-electron chi connectivity index (χ3n) is 2.59. The largest absolute Gasteiger partial charge is 0.370 e. The molecule has 1 aromatic carbocycles. The Morgan fingerprint density at radius 3 is 2.42 bits per heavy atom. The number of hydrogen-bond acceptors (Lipinski definition) is 2. The molecule has 0 aliphatic heterocycles. The van der Waals surface area contributed by atoms with Crippen molar-refractivity contribution in [1.29, 1.82) is 0 Å². The van der Waals surface area contributed by atoms with Crippen LogP contribution in [0, 0.1) is 11.6 Å². The van der Waals surface area contributed by atoms with E-state index >= 15 is 0 Å². The van der Waals surface area contributed by atoms with Crippen LogP contribution in [0.4, 0.5) is 14.6 Å². The first kappa shape index (κ1) is 13.2. The summed E-state index contributed by atoms with van der Waals surface area (Å²) in [6.07, 6.45) is 4.69. The number of nitrogens with one attached hydrogen (secondary N) is 1. The van der Waals surface area contributed by atoms with E-state index < -0.39 is 11.6 Å². The molecule has 98 valence electrons. The van der Waals surface area contributed by atoms with E-state index in [0.29, 0.717) is 0 Å². The van der Waals surface area contributed by atoms with Gasteiger partial charge in [0, 0.05) is 18.3 Å². The van der Waals surface area contributed by atoms with Gasteiger partial charge in [0.05, 0.1) is 0 Å². The third-order valence-corrected chi connectivity index (χ3v) is 2.59. The molecule has 19 heavy (non-hydrogen) atoms. The molecule has 0 saturated heterocycles. The maximum absolute atomic E-state index is 13.4. The molecule has 1 N–H and O–H groups in total. The highest BCUT2D eigenvalue weighted by Crippen LogP contribution is 2.16. The maximum Gasteiger partial charge on any atom is 0.133 e. The van der Waals surface area contributed by atoms with E-state index in [-0.39, 0.29) is 5.56 Å². The lowest BCUT2D eigenvalue weighted by Crippen LogP contribution is -1.98. The van der Waals surface area contributed by atoms with Gasteiger partial charge in [-0.15, -0.1) is 0 Å². The molecule has 0 radical (unpaired) electrons. The van der Waals surface area contributed by atoms with Crippen LogP contribution in [0.2, 0.25) is 0 Å². The van der Waals surface area contributed by atoms with Gasteiger partial charge in [-0.05, 0) is 42.8 Å². The Labute approximate surface area is 110 Å². The smallest absolute Gasteiger partial charge is 0.133 e. The second kappa shape index (κ2) is 6.09. The SMILES string of the molecule is CCNc1ccc(/C=C/c2c(F)cccc2F)cn1. The van der Waals surface area contributed by atoms with Crippen LogP contribution in [0.5, 0.6) is 0 Å². The second-order valence-corrected chi connectivity index (χ2v) is 3.98. The van der Waals surface area contributed by atoms with E-state index in [2.05, 4.69) is 10.3 Å². The van der Waals surface area contributed by atoms with Gasteiger partial charge in [-0.2, -0.15) is 0 Å². The van der Waals surface area contributed by atoms with Crippen LogP contribution in [-0.2, 0) is 0 Å². The standard InChI is InChI=1S/C15H14F2N2/c1-2-18-15-9-7-11(10-19-15)6-8-12-13(16)4-3-5-14(12)17/h3-10H,2H2,1H3,(H,18,19)/b8-6+. The molecule has 2 aromatic rings. The van der Waals surface area contributed by atoms with Gasteiger partial charge in [0.25, 0.3) is 0 Å². The van der Waals surface area contributed by atoms with Crippen molar-refractivity contribution in [2.24, 2.45) is 0 Å². The van der Waals surface area contributed by atoms with Gasteiger partial charge < -0.3 is 5.32 Å². The van der Waals surface area contributed by atoms with Crippen LogP contribution in [-0.4, -0.2) is 11.5 Å². The molecule has 0 bridgehead atoms. The molecule has 4 heteroatoms. The zero-order valence-electron chi connectivity index (χ0n) is 10.5. The summed E-state index contributed by atoms with van der Waals surface area (Å²) >= 11 is 0. The van der Waals surface area contributed by atoms with E-state index in [4.69, 9.17) is 0 Å². The number of benzene rings is 1. The monoisotopic (exact) mass is 260 g/mol. The fourth-order valence-electron chi connectivity index (χ4n) is 1.64. The number of anilines is 1. The molecule has 0 atom stereocenters. The summed E-state index contributed by atoms with van der Waals surface area (Å²) in [4.78, 5) is 4.18. The van der Waals surface area contributed by atoms with Crippen molar-refractivity contribution in [3.05, 3.63) is 59.3 Å². The van der Waals surface area contributed by atoms with Crippen LogP contribution in [0.15, 0.2) is 36.5 Å². The first-order valence-electron chi connectivity index (χ1n) is 6.02. The van der Waals surface area contributed by atoms with Gasteiger partial charge >= 0.3 is 0 Å². The number of hydrogen-bond donors (Lipinski definition) is 1. The molecule has 0 amide bonds. The molecule has 0 unspecified atom stereocenters. The summed E-state index contributed by atoms with van der Waals surface area (Å²) in [7, 11) is 0. The Morgan fingerprint density at radius 1 is 1.11 bits per heavy atom. The van der Waals surface area contributed by atoms with Gasteiger partial charge in [-0.1, -0.05) is 12.1 Å². The molecular weight excluding hydrogens is 246 g/mol. The Morgan fingerprint density at radius 2 is 1.84 bits per heavy atom. The Bertz CT molecular complexity index is 557. The highest BCUT2D eigenvalue weighted by atomic mass is 19.1. The number of aromatic nitrogens is 1. The second-order valence-electron chi connectivity index (χ2n) is 3.98. The molecule has 0 saturated carbocycles. The zero-order chi connectivity index (χ0) is 13.7. The van der Waals surface area contributed by atoms with E-state index in [9.17, 15) is 8.78 Å². The topological polar surface area (TPSA) is 24.9 Å². The van der Waals surface area contributed by atoms with E-state index in [1.165, 1.54) is 24.3 Å². The molecule has 0 spiro atoms. The summed E-state index contributed by atoms with van der Waals surface area (Å²) in [6.45, 7) is 2.78. The molecule has 0 aliphatic carbocycles. The number of nitrogens with zero attached hydrogens (tertiary/aromatic N) is 1. The third kappa shape index (κ3) is 3.37. The number of rotatable bonds is 4. The number of pyridine rings is 1. The van der Waals surface area contributed by atoms with Crippen molar-refractivity contribution >= 4 is 18.0 Å². The lowest BCUT2D eigenvalue weighted by atomic mass is 10.1. The van der Waals surface area contributed by atoms with Crippen molar-refractivity contribution in [2.75, 3.05) is 11.9 Å². The summed E-state index contributed by atoms with van der Waals surface area (Å²) in [5, 5.41) is 3.07. The van der Waals surface area contributed by atoms with Crippen molar-refractivity contribution in [2.45, 2.75) is 6.92 Å². The quantitative estimate of drug-likeness (QED) is 0.900. The predicted octanol–water partition coefficient (Wildman–Crippen LogP) is 3.96. The van der Waals surface area contributed by atoms with E-state index in [1.807, 2.05) is 19.1 Å². The van der Waals surface area contributed by atoms with E-state index in [1.54, 1.807) is 12.3 Å². The number of halogens is 2. The van der Waals surface area contributed by atoms with Crippen molar-refractivity contribution in [3.8, 4) is 0 Å². The molecule has 0 aliphatic rings. The van der Waals surface area contributed by atoms with Gasteiger partial charge in [-0.25, -0.2) is 13.8 Å². The van der Waals surface area contributed by atoms with Crippen molar-refractivity contribution in [1.82, 2.24) is 4.98 Å². The average molecular weight is 260 g/mol. The van der Waals surface area contributed by atoms with Crippen LogP contribution in [0.1, 0.15) is 18.1 Å². The highest BCUT2D eigenvalue weighted by Gasteiger charge is 2.03. The fraction of sp³-hybridized carbons (Fsp3) is 0.133. The first-order valence-corrected chi connectivity index (χ1v) is 6.02. The lowest BCUT2D eigenvalue weighted by molar-refractivity contribution is 0.579.